The van der Waals surface area contributed by atoms with Gasteiger partial charge in [0.25, 0.3) is 0 Å². The lowest BCUT2D eigenvalue weighted by atomic mass is 10.2. The minimum Gasteiger partial charge on any atom is -0.479 e. The van der Waals surface area contributed by atoms with Gasteiger partial charge in [0.15, 0.2) is 6.10 Å². The Morgan fingerprint density at radius 2 is 2.05 bits per heavy atom. The van der Waals surface area contributed by atoms with Crippen LogP contribution in [0.15, 0.2) is 18.2 Å². The second kappa shape index (κ2) is 7.66. The van der Waals surface area contributed by atoms with Crippen molar-refractivity contribution < 1.29 is 24.2 Å². The van der Waals surface area contributed by atoms with Crippen molar-refractivity contribution in [2.75, 3.05) is 6.54 Å². The van der Waals surface area contributed by atoms with Gasteiger partial charge in [-0.25, -0.2) is 14.0 Å². The predicted octanol–water partition coefficient (Wildman–Crippen LogP) is 1.11. The van der Waals surface area contributed by atoms with Gasteiger partial charge in [-0.3, -0.25) is 0 Å². The average Bonchev–Trinajstić information content (AvgIpc) is 2.40. The van der Waals surface area contributed by atoms with E-state index >= 15 is 0 Å². The summed E-state index contributed by atoms with van der Waals surface area (Å²) in [5, 5.41) is 22.2. The molecule has 1 rings (SSSR count). The summed E-state index contributed by atoms with van der Waals surface area (Å²) in [6, 6.07) is 3.55. The highest BCUT2D eigenvalue weighted by molar-refractivity contribution is 6.30. The molecule has 0 aliphatic carbocycles. The van der Waals surface area contributed by atoms with Crippen molar-refractivity contribution in [3.8, 4) is 0 Å². The Kier molecular flexibility index (Phi) is 6.20. The lowest BCUT2D eigenvalue weighted by Crippen LogP contribution is -2.37. The molecule has 0 aromatic heterocycles. The number of carbonyl (C=O) groups excluding carboxylic acids is 1. The Balaban J connectivity index is 2.29. The molecular weight excluding hydrogens is 291 g/mol. The van der Waals surface area contributed by atoms with Gasteiger partial charge in [0.05, 0.1) is 5.02 Å². The van der Waals surface area contributed by atoms with Crippen LogP contribution in [-0.4, -0.2) is 34.9 Å². The zero-order valence-electron chi connectivity index (χ0n) is 10.4. The number of rotatable bonds is 6. The maximum absolute atomic E-state index is 12.9. The van der Waals surface area contributed by atoms with E-state index in [2.05, 4.69) is 10.6 Å². The standard InChI is InChI=1S/C12H14ClFN2O4/c13-8-5-7(1-2-9(8)14)6-16-12(20)15-4-3-10(17)11(18)19/h1-2,5,10,17H,3-4,6H2,(H,18,19)(H2,15,16,20)/t10-/m0/s1. The Hall–Kier alpha value is -1.86. The molecule has 0 bridgehead atoms. The number of aliphatic hydroxyl groups is 1. The lowest BCUT2D eigenvalue weighted by Gasteiger charge is -2.09. The molecule has 8 heteroatoms. The first-order valence-corrected chi connectivity index (χ1v) is 6.14. The molecule has 6 nitrogen and oxygen atoms in total. The van der Waals surface area contributed by atoms with E-state index in [4.69, 9.17) is 21.8 Å². The summed E-state index contributed by atoms with van der Waals surface area (Å²) in [6.07, 6.45) is -1.60. The summed E-state index contributed by atoms with van der Waals surface area (Å²) >= 11 is 5.59. The van der Waals surface area contributed by atoms with Gasteiger partial charge < -0.3 is 20.8 Å². The molecule has 1 aromatic rings. The molecule has 4 N–H and O–H groups in total. The smallest absolute Gasteiger partial charge is 0.332 e. The van der Waals surface area contributed by atoms with E-state index in [1.54, 1.807) is 0 Å². The molecule has 0 spiro atoms. The fraction of sp³-hybridized carbons (Fsp3) is 0.333. The monoisotopic (exact) mass is 304 g/mol. The Morgan fingerprint density at radius 3 is 2.65 bits per heavy atom. The number of aliphatic carboxylic acids is 1. The minimum absolute atomic E-state index is 0.0173. The third-order valence-electron chi connectivity index (χ3n) is 2.43. The number of carboxylic acid groups (broad SMARTS) is 1. The van der Waals surface area contributed by atoms with Crippen LogP contribution < -0.4 is 10.6 Å². The predicted molar refractivity (Wildman–Crippen MR) is 69.9 cm³/mol. The van der Waals surface area contributed by atoms with Crippen LogP contribution in [0.25, 0.3) is 0 Å². The maximum atomic E-state index is 12.9. The molecule has 0 aliphatic rings. The number of hydrogen-bond donors (Lipinski definition) is 4. The Bertz CT molecular complexity index is 498. The van der Waals surface area contributed by atoms with Crippen molar-refractivity contribution in [2.45, 2.75) is 19.1 Å². The van der Waals surface area contributed by atoms with Crippen molar-refractivity contribution in [1.82, 2.24) is 10.6 Å². The van der Waals surface area contributed by atoms with Crippen LogP contribution >= 0.6 is 11.6 Å². The summed E-state index contributed by atoms with van der Waals surface area (Å²) in [6.45, 7) is 0.163. The summed E-state index contributed by atoms with van der Waals surface area (Å²) in [4.78, 5) is 21.7. The number of halogens is 2. The number of carbonyl (C=O) groups is 2. The van der Waals surface area contributed by atoms with Gasteiger partial charge in [0, 0.05) is 19.5 Å². The number of amides is 2. The second-order valence-corrected chi connectivity index (χ2v) is 4.41. The van der Waals surface area contributed by atoms with E-state index in [0.717, 1.165) is 0 Å². The van der Waals surface area contributed by atoms with E-state index in [9.17, 15) is 14.0 Å². The Morgan fingerprint density at radius 1 is 1.35 bits per heavy atom. The Labute approximate surface area is 119 Å². The first kappa shape index (κ1) is 16.2. The normalized spacial score (nSPS) is 11.8. The van der Waals surface area contributed by atoms with E-state index in [-0.39, 0.29) is 24.5 Å². The van der Waals surface area contributed by atoms with Crippen LogP contribution in [0.5, 0.6) is 0 Å². The summed E-state index contributed by atoms with van der Waals surface area (Å²) < 4.78 is 12.9. The molecule has 0 unspecified atom stereocenters. The topological polar surface area (TPSA) is 98.7 Å². The molecule has 0 fully saturated rings. The first-order chi connectivity index (χ1) is 9.40. The van der Waals surface area contributed by atoms with Crippen LogP contribution in [-0.2, 0) is 11.3 Å². The molecular formula is C12H14ClFN2O4. The van der Waals surface area contributed by atoms with Crippen molar-refractivity contribution in [3.63, 3.8) is 0 Å². The van der Waals surface area contributed by atoms with Gasteiger partial charge in [-0.2, -0.15) is 0 Å². The highest BCUT2D eigenvalue weighted by Gasteiger charge is 2.12. The number of carboxylic acids is 1. The van der Waals surface area contributed by atoms with Crippen LogP contribution in [0.3, 0.4) is 0 Å². The summed E-state index contributed by atoms with van der Waals surface area (Å²) in [5.74, 6) is -1.88. The molecule has 0 saturated heterocycles. The second-order valence-electron chi connectivity index (χ2n) is 4.00. The number of hydrogen-bond acceptors (Lipinski definition) is 3. The number of benzene rings is 1. The lowest BCUT2D eigenvalue weighted by molar-refractivity contribution is -0.146. The van der Waals surface area contributed by atoms with Crippen LogP contribution in [0, 0.1) is 5.82 Å². The third-order valence-corrected chi connectivity index (χ3v) is 2.72. The van der Waals surface area contributed by atoms with E-state index in [0.29, 0.717) is 5.56 Å². The molecule has 2 amide bonds. The summed E-state index contributed by atoms with van der Waals surface area (Å²) in [5.41, 5.74) is 0.622. The highest BCUT2D eigenvalue weighted by atomic mass is 35.5. The zero-order valence-corrected chi connectivity index (χ0v) is 11.2. The van der Waals surface area contributed by atoms with E-state index in [1.165, 1.54) is 18.2 Å². The van der Waals surface area contributed by atoms with E-state index < -0.39 is 23.9 Å². The number of nitrogens with one attached hydrogen (secondary N) is 2. The minimum atomic E-state index is -1.51. The number of aliphatic hydroxyl groups excluding tert-OH is 1. The molecule has 110 valence electrons. The van der Waals surface area contributed by atoms with Crippen LogP contribution in [0.4, 0.5) is 9.18 Å². The molecule has 20 heavy (non-hydrogen) atoms. The summed E-state index contributed by atoms with van der Waals surface area (Å²) in [7, 11) is 0. The van der Waals surface area contributed by atoms with Gasteiger partial charge >= 0.3 is 12.0 Å². The van der Waals surface area contributed by atoms with Crippen molar-refractivity contribution in [1.29, 1.82) is 0 Å². The van der Waals surface area contributed by atoms with Gasteiger partial charge in [0.1, 0.15) is 5.82 Å². The average molecular weight is 305 g/mol. The molecule has 1 atom stereocenters. The molecule has 0 radical (unpaired) electrons. The van der Waals surface area contributed by atoms with Gasteiger partial charge in [-0.15, -0.1) is 0 Å². The van der Waals surface area contributed by atoms with Crippen molar-refractivity contribution >= 4 is 23.6 Å². The maximum Gasteiger partial charge on any atom is 0.332 e. The zero-order chi connectivity index (χ0) is 15.1. The molecule has 0 aliphatic heterocycles. The highest BCUT2D eigenvalue weighted by Crippen LogP contribution is 2.15. The van der Waals surface area contributed by atoms with Crippen molar-refractivity contribution in [3.05, 3.63) is 34.6 Å². The third kappa shape index (κ3) is 5.41. The van der Waals surface area contributed by atoms with Gasteiger partial charge in [0.2, 0.25) is 0 Å². The van der Waals surface area contributed by atoms with Crippen LogP contribution in [0.2, 0.25) is 5.02 Å². The SMILES string of the molecule is O=C(NCC[C@H](O)C(=O)O)NCc1ccc(F)c(Cl)c1. The molecule has 0 heterocycles. The van der Waals surface area contributed by atoms with Crippen LogP contribution in [0.1, 0.15) is 12.0 Å². The van der Waals surface area contributed by atoms with E-state index in [1.807, 2.05) is 0 Å². The number of urea groups is 1. The largest absolute Gasteiger partial charge is 0.479 e. The molecule has 1 aromatic carbocycles. The quantitative estimate of drug-likeness (QED) is 0.633. The fourth-order valence-electron chi connectivity index (χ4n) is 1.34. The fourth-order valence-corrected chi connectivity index (χ4v) is 1.54. The van der Waals surface area contributed by atoms with Gasteiger partial charge in [-0.05, 0) is 17.7 Å². The van der Waals surface area contributed by atoms with Crippen molar-refractivity contribution in [2.24, 2.45) is 0 Å². The molecule has 0 saturated carbocycles. The first-order valence-electron chi connectivity index (χ1n) is 5.76. The van der Waals surface area contributed by atoms with Gasteiger partial charge in [-0.1, -0.05) is 17.7 Å².